The number of nitrogens with zero attached hydrogens (tertiary/aromatic N) is 1. The molecule has 3 aromatic carbocycles. The predicted molar refractivity (Wildman–Crippen MR) is 139 cm³/mol. The van der Waals surface area contributed by atoms with Gasteiger partial charge in [0.1, 0.15) is 6.04 Å². The lowest BCUT2D eigenvalue weighted by Gasteiger charge is -2.32. The van der Waals surface area contributed by atoms with E-state index in [9.17, 15) is 9.59 Å². The molecule has 0 heterocycles. The molecule has 4 nitrogen and oxygen atoms in total. The first kappa shape index (κ1) is 25.8. The number of carbonyl (C=O) groups excluding carboxylic acids is 2. The summed E-state index contributed by atoms with van der Waals surface area (Å²) in [5.74, 6) is -0.383. The maximum absolute atomic E-state index is 13.7. The van der Waals surface area contributed by atoms with Crippen LogP contribution in [0.3, 0.4) is 0 Å². The van der Waals surface area contributed by atoms with Crippen LogP contribution in [0, 0.1) is 0 Å². The van der Waals surface area contributed by atoms with Crippen molar-refractivity contribution in [2.75, 3.05) is 0 Å². The van der Waals surface area contributed by atoms with Gasteiger partial charge in [0.05, 0.1) is 6.42 Å². The molecule has 178 valence electrons. The number of nitrogens with one attached hydrogen (secondary N) is 1. The van der Waals surface area contributed by atoms with E-state index < -0.39 is 6.04 Å². The summed E-state index contributed by atoms with van der Waals surface area (Å²) in [6.45, 7) is 4.28. The molecule has 0 saturated heterocycles. The second-order valence-corrected chi connectivity index (χ2v) is 9.22. The molecule has 0 radical (unpaired) electrons. The van der Waals surface area contributed by atoms with Gasteiger partial charge in [-0.05, 0) is 42.2 Å². The van der Waals surface area contributed by atoms with Crippen LogP contribution >= 0.6 is 23.2 Å². The molecule has 0 aliphatic carbocycles. The van der Waals surface area contributed by atoms with Gasteiger partial charge >= 0.3 is 0 Å². The first-order chi connectivity index (χ1) is 16.4. The molecule has 0 aliphatic rings. The molecule has 3 aromatic rings. The van der Waals surface area contributed by atoms with Gasteiger partial charge in [0.2, 0.25) is 11.8 Å². The molecule has 0 bridgehead atoms. The van der Waals surface area contributed by atoms with Gasteiger partial charge in [-0.25, -0.2) is 0 Å². The van der Waals surface area contributed by atoms with Gasteiger partial charge in [0.25, 0.3) is 0 Å². The van der Waals surface area contributed by atoms with Crippen LogP contribution in [-0.2, 0) is 29.0 Å². The first-order valence-electron chi connectivity index (χ1n) is 11.5. The summed E-state index contributed by atoms with van der Waals surface area (Å²) in [5.41, 5.74) is 2.48. The van der Waals surface area contributed by atoms with Crippen molar-refractivity contribution in [2.24, 2.45) is 0 Å². The third-order valence-corrected chi connectivity index (χ3v) is 6.57. The largest absolute Gasteiger partial charge is 0.352 e. The van der Waals surface area contributed by atoms with Crippen molar-refractivity contribution >= 4 is 35.0 Å². The number of hydrogen-bond donors (Lipinski definition) is 1. The smallest absolute Gasteiger partial charge is 0.243 e. The van der Waals surface area contributed by atoms with Crippen LogP contribution in [0.1, 0.15) is 37.0 Å². The van der Waals surface area contributed by atoms with Gasteiger partial charge in [0.15, 0.2) is 0 Å². The molecule has 0 fully saturated rings. The van der Waals surface area contributed by atoms with Crippen molar-refractivity contribution in [2.45, 2.75) is 51.7 Å². The number of carbonyl (C=O) groups is 2. The number of hydrogen-bond acceptors (Lipinski definition) is 2. The number of benzene rings is 3. The van der Waals surface area contributed by atoms with Gasteiger partial charge in [-0.15, -0.1) is 0 Å². The summed E-state index contributed by atoms with van der Waals surface area (Å²) in [4.78, 5) is 28.9. The fourth-order valence-corrected chi connectivity index (χ4v) is 4.26. The van der Waals surface area contributed by atoms with Crippen molar-refractivity contribution in [3.05, 3.63) is 106 Å². The summed E-state index contributed by atoms with van der Waals surface area (Å²) in [5, 5.41) is 3.94. The quantitative estimate of drug-likeness (QED) is 0.369. The van der Waals surface area contributed by atoms with Crippen molar-refractivity contribution in [3.8, 4) is 0 Å². The lowest BCUT2D eigenvalue weighted by atomic mass is 10.0. The van der Waals surface area contributed by atoms with E-state index in [1.165, 1.54) is 0 Å². The normalized spacial score (nSPS) is 12.6. The maximum Gasteiger partial charge on any atom is 0.243 e. The summed E-state index contributed by atoms with van der Waals surface area (Å²) in [7, 11) is 0. The van der Waals surface area contributed by atoms with Crippen LogP contribution in [0.15, 0.2) is 78.9 Å². The predicted octanol–water partition coefficient (Wildman–Crippen LogP) is 6.09. The van der Waals surface area contributed by atoms with E-state index in [0.717, 1.165) is 17.5 Å². The van der Waals surface area contributed by atoms with Crippen molar-refractivity contribution in [1.82, 2.24) is 10.2 Å². The minimum atomic E-state index is -0.689. The Morgan fingerprint density at radius 2 is 1.41 bits per heavy atom. The molecular weight excluding hydrogens is 467 g/mol. The zero-order valence-corrected chi connectivity index (χ0v) is 21.0. The topological polar surface area (TPSA) is 49.4 Å². The lowest BCUT2D eigenvalue weighted by molar-refractivity contribution is -0.141. The zero-order chi connectivity index (χ0) is 24.5. The monoisotopic (exact) mass is 496 g/mol. The maximum atomic E-state index is 13.7. The Balaban J connectivity index is 1.99. The average Bonchev–Trinajstić information content (AvgIpc) is 2.84. The zero-order valence-electron chi connectivity index (χ0n) is 19.5. The molecule has 2 atom stereocenters. The van der Waals surface area contributed by atoms with Crippen LogP contribution < -0.4 is 5.32 Å². The SMILES string of the molecule is CC[C@@H](C)NC(=O)[C@@H](Cc1ccccc1)N(Cc1ccccc1)C(=O)Cc1c(Cl)cccc1Cl. The highest BCUT2D eigenvalue weighted by atomic mass is 35.5. The third-order valence-electron chi connectivity index (χ3n) is 5.86. The fraction of sp³-hybridized carbons (Fsp3) is 0.286. The highest BCUT2D eigenvalue weighted by Gasteiger charge is 2.31. The van der Waals surface area contributed by atoms with Crippen LogP contribution in [0.5, 0.6) is 0 Å². The highest BCUT2D eigenvalue weighted by molar-refractivity contribution is 6.36. The van der Waals surface area contributed by atoms with Crippen LogP contribution in [0.2, 0.25) is 10.0 Å². The Morgan fingerprint density at radius 1 is 0.853 bits per heavy atom. The van der Waals surface area contributed by atoms with Gasteiger partial charge in [0, 0.05) is 29.1 Å². The van der Waals surface area contributed by atoms with Gasteiger partial charge in [-0.2, -0.15) is 0 Å². The molecule has 0 aliphatic heterocycles. The van der Waals surface area contributed by atoms with E-state index >= 15 is 0 Å². The molecule has 0 saturated carbocycles. The number of amides is 2. The molecule has 0 spiro atoms. The average molecular weight is 497 g/mol. The molecule has 1 N–H and O–H groups in total. The van der Waals surface area contributed by atoms with Crippen molar-refractivity contribution in [1.29, 1.82) is 0 Å². The molecule has 2 amide bonds. The van der Waals surface area contributed by atoms with Crippen LogP contribution in [0.4, 0.5) is 0 Å². The second kappa shape index (κ2) is 12.6. The summed E-state index contributed by atoms with van der Waals surface area (Å²) >= 11 is 12.7. The number of rotatable bonds is 10. The number of halogens is 2. The Hall–Kier alpha value is -2.82. The highest BCUT2D eigenvalue weighted by Crippen LogP contribution is 2.26. The molecular formula is C28H30Cl2N2O2. The minimum absolute atomic E-state index is 0.00235. The Bertz CT molecular complexity index is 1070. The van der Waals surface area contributed by atoms with E-state index in [-0.39, 0.29) is 24.3 Å². The van der Waals surface area contributed by atoms with E-state index in [4.69, 9.17) is 23.2 Å². The molecule has 6 heteroatoms. The Kier molecular flexibility index (Phi) is 9.55. The lowest BCUT2D eigenvalue weighted by Crippen LogP contribution is -2.52. The molecule has 34 heavy (non-hydrogen) atoms. The molecule has 0 unspecified atom stereocenters. The Labute approximate surface area is 211 Å². The summed E-state index contributed by atoms with van der Waals surface area (Å²) in [6.07, 6.45) is 1.21. The fourth-order valence-electron chi connectivity index (χ4n) is 3.73. The summed E-state index contributed by atoms with van der Waals surface area (Å²) in [6, 6.07) is 23.9. The van der Waals surface area contributed by atoms with Crippen molar-refractivity contribution in [3.63, 3.8) is 0 Å². The third kappa shape index (κ3) is 7.09. The second-order valence-electron chi connectivity index (χ2n) is 8.41. The van der Waals surface area contributed by atoms with Gasteiger partial charge in [-0.1, -0.05) is 96.9 Å². The minimum Gasteiger partial charge on any atom is -0.352 e. The van der Waals surface area contributed by atoms with E-state index in [1.54, 1.807) is 23.1 Å². The molecule has 0 aromatic heterocycles. The van der Waals surface area contributed by atoms with Gasteiger partial charge < -0.3 is 10.2 Å². The van der Waals surface area contributed by atoms with E-state index in [1.807, 2.05) is 74.5 Å². The van der Waals surface area contributed by atoms with Gasteiger partial charge in [-0.3, -0.25) is 9.59 Å². The first-order valence-corrected chi connectivity index (χ1v) is 12.2. The standard InChI is InChI=1S/C28H30Cl2N2O2/c1-3-20(2)31-28(34)26(17-21-11-6-4-7-12-21)32(19-22-13-8-5-9-14-22)27(33)18-23-24(29)15-10-16-25(23)30/h4-16,20,26H,3,17-19H2,1-2H3,(H,31,34)/t20-,26-/m1/s1. The van der Waals surface area contributed by atoms with Crippen molar-refractivity contribution < 1.29 is 9.59 Å². The molecule has 3 rings (SSSR count). The van der Waals surface area contributed by atoms with E-state index in [2.05, 4.69) is 5.32 Å². The van der Waals surface area contributed by atoms with Crippen LogP contribution in [-0.4, -0.2) is 28.8 Å². The Morgan fingerprint density at radius 3 is 1.97 bits per heavy atom. The van der Waals surface area contributed by atoms with Crippen LogP contribution in [0.25, 0.3) is 0 Å². The van der Waals surface area contributed by atoms with E-state index in [0.29, 0.717) is 28.6 Å². The summed E-state index contributed by atoms with van der Waals surface area (Å²) < 4.78 is 0.